The molecule has 1 aromatic carbocycles. The first kappa shape index (κ1) is 12.6. The second-order valence-electron chi connectivity index (χ2n) is 3.63. The van der Waals surface area contributed by atoms with Gasteiger partial charge in [0, 0.05) is 10.7 Å². The lowest BCUT2D eigenvalue weighted by molar-refractivity contribution is -0.122. The molecule has 0 aliphatic rings. The lowest BCUT2D eigenvalue weighted by Gasteiger charge is -2.12. The van der Waals surface area contributed by atoms with E-state index < -0.39 is 0 Å². The van der Waals surface area contributed by atoms with E-state index in [-0.39, 0.29) is 18.4 Å². The predicted molar refractivity (Wildman–Crippen MR) is 67.3 cm³/mol. The van der Waals surface area contributed by atoms with Gasteiger partial charge in [-0.15, -0.1) is 0 Å². The van der Waals surface area contributed by atoms with Gasteiger partial charge in [-0.05, 0) is 24.6 Å². The van der Waals surface area contributed by atoms with Crippen LogP contribution in [0.15, 0.2) is 35.9 Å². The lowest BCUT2D eigenvalue weighted by atomic mass is 10.00. The van der Waals surface area contributed by atoms with Crippen molar-refractivity contribution in [2.45, 2.75) is 12.8 Å². The van der Waals surface area contributed by atoms with E-state index in [9.17, 15) is 4.79 Å². The van der Waals surface area contributed by atoms with Crippen molar-refractivity contribution in [3.8, 4) is 0 Å². The molecule has 1 unspecified atom stereocenters. The van der Waals surface area contributed by atoms with Crippen molar-refractivity contribution in [3.63, 3.8) is 0 Å². The van der Waals surface area contributed by atoms with Crippen LogP contribution in [0.1, 0.15) is 18.4 Å². The molecule has 3 nitrogen and oxygen atoms in total. The number of benzene rings is 1. The van der Waals surface area contributed by atoms with E-state index >= 15 is 0 Å². The van der Waals surface area contributed by atoms with Gasteiger partial charge in [0.25, 0.3) is 0 Å². The molecule has 0 aliphatic carbocycles. The molecule has 1 rings (SSSR count). The maximum atomic E-state index is 11.7. The van der Waals surface area contributed by atoms with Crippen LogP contribution in [-0.2, 0) is 4.79 Å². The van der Waals surface area contributed by atoms with Crippen LogP contribution >= 0.6 is 11.6 Å². The highest BCUT2D eigenvalue weighted by Crippen LogP contribution is 2.17. The van der Waals surface area contributed by atoms with Crippen LogP contribution < -0.4 is 11.1 Å². The Hall–Kier alpha value is -1.48. The van der Waals surface area contributed by atoms with Gasteiger partial charge in [0.1, 0.15) is 0 Å². The molecule has 0 spiro atoms. The summed E-state index contributed by atoms with van der Waals surface area (Å²) >= 11 is 5.57. The van der Waals surface area contributed by atoms with Gasteiger partial charge >= 0.3 is 0 Å². The molecule has 1 aromatic rings. The fourth-order valence-electron chi connectivity index (χ4n) is 1.32. The highest BCUT2D eigenvalue weighted by molar-refractivity contribution is 6.29. The molecule has 0 saturated heterocycles. The third-order valence-electron chi connectivity index (χ3n) is 2.26. The fraction of sp³-hybridized carbons (Fsp3) is 0.250. The van der Waals surface area contributed by atoms with Crippen molar-refractivity contribution in [3.05, 3.63) is 41.4 Å². The van der Waals surface area contributed by atoms with Crippen LogP contribution in [0.25, 0.3) is 0 Å². The zero-order valence-corrected chi connectivity index (χ0v) is 9.92. The smallest absolute Gasteiger partial charge is 0.227 e. The quantitative estimate of drug-likeness (QED) is 0.791. The number of nitrogen functional groups attached to an aromatic ring is 1. The molecule has 16 heavy (non-hydrogen) atoms. The Balaban J connectivity index is 2.66. The van der Waals surface area contributed by atoms with Crippen LogP contribution in [0, 0.1) is 0 Å². The molecule has 0 fully saturated rings. The number of amides is 1. The average molecular weight is 239 g/mol. The van der Waals surface area contributed by atoms with E-state index in [1.54, 1.807) is 12.1 Å². The topological polar surface area (TPSA) is 55.1 Å². The van der Waals surface area contributed by atoms with Gasteiger partial charge in [0.05, 0.1) is 12.5 Å². The fourth-order valence-corrected chi connectivity index (χ4v) is 1.38. The van der Waals surface area contributed by atoms with Crippen LogP contribution in [0.2, 0.25) is 0 Å². The van der Waals surface area contributed by atoms with Crippen molar-refractivity contribution >= 4 is 23.2 Å². The summed E-state index contributed by atoms with van der Waals surface area (Å²) < 4.78 is 0. The van der Waals surface area contributed by atoms with Gasteiger partial charge in [-0.1, -0.05) is 30.3 Å². The molecule has 1 atom stereocenters. The molecule has 86 valence electrons. The highest BCUT2D eigenvalue weighted by Gasteiger charge is 2.14. The number of anilines is 1. The van der Waals surface area contributed by atoms with Crippen LogP contribution in [-0.4, -0.2) is 12.5 Å². The largest absolute Gasteiger partial charge is 0.399 e. The van der Waals surface area contributed by atoms with E-state index in [1.165, 1.54) is 0 Å². The zero-order chi connectivity index (χ0) is 12.1. The minimum Gasteiger partial charge on any atom is -0.399 e. The maximum absolute atomic E-state index is 11.7. The first-order chi connectivity index (χ1) is 7.50. The van der Waals surface area contributed by atoms with Crippen molar-refractivity contribution in [1.82, 2.24) is 5.32 Å². The Kier molecular flexibility index (Phi) is 4.38. The van der Waals surface area contributed by atoms with Crippen molar-refractivity contribution in [2.24, 2.45) is 0 Å². The molecular weight excluding hydrogens is 224 g/mol. The summed E-state index contributed by atoms with van der Waals surface area (Å²) in [7, 11) is 0. The van der Waals surface area contributed by atoms with E-state index in [1.807, 2.05) is 19.1 Å². The Morgan fingerprint density at radius 2 is 2.31 bits per heavy atom. The molecule has 3 N–H and O–H groups in total. The van der Waals surface area contributed by atoms with Crippen LogP contribution in [0.4, 0.5) is 5.69 Å². The average Bonchev–Trinajstić information content (AvgIpc) is 2.24. The van der Waals surface area contributed by atoms with Gasteiger partial charge in [0.15, 0.2) is 0 Å². The monoisotopic (exact) mass is 238 g/mol. The highest BCUT2D eigenvalue weighted by atomic mass is 35.5. The predicted octanol–water partition coefficient (Wildman–Crippen LogP) is 2.24. The van der Waals surface area contributed by atoms with E-state index in [0.717, 1.165) is 5.56 Å². The Morgan fingerprint density at radius 3 is 2.88 bits per heavy atom. The number of carbonyl (C=O) groups excluding carboxylic acids is 1. The number of hydrogen-bond donors (Lipinski definition) is 2. The number of carbonyl (C=O) groups is 1. The molecule has 0 radical (unpaired) electrons. The Morgan fingerprint density at radius 1 is 1.62 bits per heavy atom. The van der Waals surface area contributed by atoms with E-state index in [4.69, 9.17) is 17.3 Å². The molecule has 4 heteroatoms. The molecule has 0 bridgehead atoms. The molecule has 0 heterocycles. The molecule has 0 aromatic heterocycles. The molecule has 1 amide bonds. The van der Waals surface area contributed by atoms with Gasteiger partial charge in [-0.2, -0.15) is 0 Å². The van der Waals surface area contributed by atoms with Crippen molar-refractivity contribution in [2.75, 3.05) is 12.3 Å². The Labute approximate surface area is 100 Å². The molecule has 0 saturated carbocycles. The minimum atomic E-state index is -0.250. The van der Waals surface area contributed by atoms with Crippen molar-refractivity contribution < 1.29 is 4.79 Å². The van der Waals surface area contributed by atoms with Gasteiger partial charge in [-0.3, -0.25) is 4.79 Å². The third-order valence-corrected chi connectivity index (χ3v) is 2.39. The van der Waals surface area contributed by atoms with Crippen LogP contribution in [0.5, 0.6) is 0 Å². The normalized spacial score (nSPS) is 11.9. The van der Waals surface area contributed by atoms with E-state index in [0.29, 0.717) is 10.7 Å². The van der Waals surface area contributed by atoms with Gasteiger partial charge in [-0.25, -0.2) is 0 Å². The third kappa shape index (κ3) is 3.59. The van der Waals surface area contributed by atoms with E-state index in [2.05, 4.69) is 11.9 Å². The number of nitrogens with two attached hydrogens (primary N) is 1. The maximum Gasteiger partial charge on any atom is 0.227 e. The second kappa shape index (κ2) is 5.56. The number of nitrogens with one attached hydrogen (secondary N) is 1. The standard InChI is InChI=1S/C12H15ClN2O/c1-8(13)7-15-12(16)9(2)10-4-3-5-11(14)6-10/h3-6,9H,1,7,14H2,2H3,(H,15,16). The zero-order valence-electron chi connectivity index (χ0n) is 9.16. The van der Waals surface area contributed by atoms with Crippen LogP contribution in [0.3, 0.4) is 0 Å². The summed E-state index contributed by atoms with van der Waals surface area (Å²) in [5.41, 5.74) is 7.19. The second-order valence-corrected chi connectivity index (χ2v) is 4.16. The molecule has 0 aliphatic heterocycles. The van der Waals surface area contributed by atoms with Gasteiger partial charge in [0.2, 0.25) is 5.91 Å². The lowest BCUT2D eigenvalue weighted by Crippen LogP contribution is -2.28. The molecular formula is C12H15ClN2O. The SMILES string of the molecule is C=C(Cl)CNC(=O)C(C)c1cccc(N)c1. The summed E-state index contributed by atoms with van der Waals surface area (Å²) in [6.07, 6.45) is 0. The number of rotatable bonds is 4. The van der Waals surface area contributed by atoms with Gasteiger partial charge < -0.3 is 11.1 Å². The Bertz CT molecular complexity index is 404. The first-order valence-corrected chi connectivity index (χ1v) is 5.35. The summed E-state index contributed by atoms with van der Waals surface area (Å²) in [5.74, 6) is -0.341. The minimum absolute atomic E-state index is 0.0904. The number of hydrogen-bond acceptors (Lipinski definition) is 2. The summed E-state index contributed by atoms with van der Waals surface area (Å²) in [5, 5.41) is 3.10. The first-order valence-electron chi connectivity index (χ1n) is 4.97. The summed E-state index contributed by atoms with van der Waals surface area (Å²) in [6, 6.07) is 7.28. The summed E-state index contributed by atoms with van der Waals surface area (Å²) in [4.78, 5) is 11.7. The number of halogens is 1. The summed E-state index contributed by atoms with van der Waals surface area (Å²) in [6.45, 7) is 5.61. The van der Waals surface area contributed by atoms with Crippen molar-refractivity contribution in [1.29, 1.82) is 0 Å².